The summed E-state index contributed by atoms with van der Waals surface area (Å²) in [5.41, 5.74) is 5.48. The van der Waals surface area contributed by atoms with Gasteiger partial charge in [-0.05, 0) is 24.8 Å². The second kappa shape index (κ2) is 5.97. The first-order chi connectivity index (χ1) is 6.10. The van der Waals surface area contributed by atoms with E-state index in [0.717, 1.165) is 25.7 Å². The fourth-order valence-corrected chi connectivity index (χ4v) is 1.58. The van der Waals surface area contributed by atoms with Crippen LogP contribution in [0.25, 0.3) is 0 Å². The van der Waals surface area contributed by atoms with E-state index < -0.39 is 5.97 Å². The lowest BCUT2D eigenvalue weighted by Gasteiger charge is -2.29. The molecule has 78 valence electrons. The fourth-order valence-electron chi connectivity index (χ4n) is 1.58. The van der Waals surface area contributed by atoms with Crippen LogP contribution in [0.1, 0.15) is 46.0 Å². The fraction of sp³-hybridized carbons (Fsp3) is 0.900. The predicted molar refractivity (Wildman–Crippen MR) is 53.6 cm³/mol. The second-order valence-corrected chi connectivity index (χ2v) is 3.73. The Morgan fingerprint density at radius 2 is 2.08 bits per heavy atom. The maximum Gasteiger partial charge on any atom is 0.303 e. The standard InChI is InChI=1S/C10H21NO2/c1-3-5-6-10(4-2,8-11)7-9(12)13/h3-8,11H2,1-2H3,(H,12,13). The van der Waals surface area contributed by atoms with Gasteiger partial charge in [-0.1, -0.05) is 26.7 Å². The number of hydrogen-bond acceptors (Lipinski definition) is 2. The lowest BCUT2D eigenvalue weighted by Crippen LogP contribution is -2.32. The molecule has 0 bridgehead atoms. The molecular formula is C10H21NO2. The van der Waals surface area contributed by atoms with Gasteiger partial charge in [-0.25, -0.2) is 0 Å². The van der Waals surface area contributed by atoms with Crippen LogP contribution in [0.2, 0.25) is 0 Å². The normalized spacial score (nSPS) is 15.3. The number of hydrogen-bond donors (Lipinski definition) is 2. The van der Waals surface area contributed by atoms with Gasteiger partial charge in [0.1, 0.15) is 0 Å². The van der Waals surface area contributed by atoms with Crippen LogP contribution < -0.4 is 5.73 Å². The highest BCUT2D eigenvalue weighted by Gasteiger charge is 2.28. The Morgan fingerprint density at radius 1 is 1.46 bits per heavy atom. The predicted octanol–water partition coefficient (Wildman–Crippen LogP) is 2.01. The third kappa shape index (κ3) is 4.27. The quantitative estimate of drug-likeness (QED) is 0.640. The minimum atomic E-state index is -0.733. The van der Waals surface area contributed by atoms with Crippen molar-refractivity contribution >= 4 is 5.97 Å². The average molecular weight is 187 g/mol. The zero-order valence-corrected chi connectivity index (χ0v) is 8.68. The Balaban J connectivity index is 4.21. The van der Waals surface area contributed by atoms with Crippen molar-refractivity contribution in [2.45, 2.75) is 46.0 Å². The summed E-state index contributed by atoms with van der Waals surface area (Å²) in [7, 11) is 0. The van der Waals surface area contributed by atoms with E-state index in [1.165, 1.54) is 0 Å². The number of aliphatic carboxylic acids is 1. The van der Waals surface area contributed by atoms with Gasteiger partial charge in [0, 0.05) is 0 Å². The summed E-state index contributed by atoms with van der Waals surface area (Å²) in [6.07, 6.45) is 4.16. The van der Waals surface area contributed by atoms with Crippen LogP contribution in [0.3, 0.4) is 0 Å². The number of unbranched alkanes of at least 4 members (excludes halogenated alkanes) is 1. The van der Waals surface area contributed by atoms with Crippen LogP contribution >= 0.6 is 0 Å². The number of rotatable bonds is 7. The molecule has 0 fully saturated rings. The molecule has 13 heavy (non-hydrogen) atoms. The van der Waals surface area contributed by atoms with Crippen LogP contribution in [0, 0.1) is 5.41 Å². The molecule has 0 radical (unpaired) electrons. The molecule has 3 nitrogen and oxygen atoms in total. The van der Waals surface area contributed by atoms with E-state index in [1.54, 1.807) is 0 Å². The molecule has 0 aromatic carbocycles. The van der Waals surface area contributed by atoms with E-state index in [-0.39, 0.29) is 11.8 Å². The van der Waals surface area contributed by atoms with Crippen LogP contribution in [0.4, 0.5) is 0 Å². The summed E-state index contributed by atoms with van der Waals surface area (Å²) in [6.45, 7) is 4.61. The summed E-state index contributed by atoms with van der Waals surface area (Å²) in [5.74, 6) is -0.733. The third-order valence-corrected chi connectivity index (χ3v) is 2.77. The molecule has 0 rings (SSSR count). The molecule has 0 saturated carbocycles. The molecule has 3 heteroatoms. The SMILES string of the molecule is CCCCC(CC)(CN)CC(=O)O. The lowest BCUT2D eigenvalue weighted by atomic mass is 9.77. The number of nitrogens with two attached hydrogens (primary N) is 1. The Hall–Kier alpha value is -0.570. The highest BCUT2D eigenvalue weighted by molar-refractivity contribution is 5.67. The first kappa shape index (κ1) is 12.4. The summed E-state index contributed by atoms with van der Waals surface area (Å²) >= 11 is 0. The molecule has 0 saturated heterocycles. The molecule has 0 amide bonds. The van der Waals surface area contributed by atoms with E-state index in [1.807, 2.05) is 6.92 Å². The van der Waals surface area contributed by atoms with E-state index in [4.69, 9.17) is 10.8 Å². The summed E-state index contributed by atoms with van der Waals surface area (Å²) < 4.78 is 0. The van der Waals surface area contributed by atoms with Gasteiger partial charge in [0.25, 0.3) is 0 Å². The van der Waals surface area contributed by atoms with Gasteiger partial charge in [-0.2, -0.15) is 0 Å². The first-order valence-electron chi connectivity index (χ1n) is 5.02. The van der Waals surface area contributed by atoms with Gasteiger partial charge in [-0.15, -0.1) is 0 Å². The molecular weight excluding hydrogens is 166 g/mol. The molecule has 1 atom stereocenters. The first-order valence-corrected chi connectivity index (χ1v) is 5.02. The van der Waals surface area contributed by atoms with Crippen molar-refractivity contribution < 1.29 is 9.90 Å². The molecule has 0 aliphatic carbocycles. The highest BCUT2D eigenvalue weighted by atomic mass is 16.4. The van der Waals surface area contributed by atoms with Crippen LogP contribution in [0.5, 0.6) is 0 Å². The summed E-state index contributed by atoms with van der Waals surface area (Å²) in [6, 6.07) is 0. The Kier molecular flexibility index (Phi) is 5.71. The van der Waals surface area contributed by atoms with Gasteiger partial charge in [0.15, 0.2) is 0 Å². The molecule has 3 N–H and O–H groups in total. The van der Waals surface area contributed by atoms with Crippen molar-refractivity contribution in [3.05, 3.63) is 0 Å². The largest absolute Gasteiger partial charge is 0.481 e. The Bertz CT molecular complexity index is 153. The number of carboxylic acids is 1. The van der Waals surface area contributed by atoms with Crippen LogP contribution in [0.15, 0.2) is 0 Å². The van der Waals surface area contributed by atoms with E-state index >= 15 is 0 Å². The van der Waals surface area contributed by atoms with E-state index in [2.05, 4.69) is 6.92 Å². The highest BCUT2D eigenvalue weighted by Crippen LogP contribution is 2.31. The average Bonchev–Trinajstić information content (AvgIpc) is 2.12. The maximum atomic E-state index is 10.6. The van der Waals surface area contributed by atoms with E-state index in [9.17, 15) is 4.79 Å². The van der Waals surface area contributed by atoms with Gasteiger partial charge >= 0.3 is 5.97 Å². The van der Waals surface area contributed by atoms with Gasteiger partial charge < -0.3 is 10.8 Å². The van der Waals surface area contributed by atoms with Crippen molar-refractivity contribution in [3.63, 3.8) is 0 Å². The molecule has 1 unspecified atom stereocenters. The molecule has 0 aromatic heterocycles. The molecule has 0 aromatic rings. The Morgan fingerprint density at radius 3 is 2.38 bits per heavy atom. The van der Waals surface area contributed by atoms with Crippen molar-refractivity contribution in [1.82, 2.24) is 0 Å². The lowest BCUT2D eigenvalue weighted by molar-refractivity contribution is -0.139. The van der Waals surface area contributed by atoms with Crippen molar-refractivity contribution in [1.29, 1.82) is 0 Å². The van der Waals surface area contributed by atoms with Crippen molar-refractivity contribution in [2.24, 2.45) is 11.1 Å². The smallest absolute Gasteiger partial charge is 0.303 e. The summed E-state index contributed by atoms with van der Waals surface area (Å²) in [4.78, 5) is 10.6. The molecule has 0 aliphatic rings. The number of carboxylic acid groups (broad SMARTS) is 1. The van der Waals surface area contributed by atoms with Crippen LogP contribution in [-0.2, 0) is 4.79 Å². The monoisotopic (exact) mass is 187 g/mol. The molecule has 0 aliphatic heterocycles. The summed E-state index contributed by atoms with van der Waals surface area (Å²) in [5, 5.41) is 8.76. The van der Waals surface area contributed by atoms with Crippen molar-refractivity contribution in [2.75, 3.05) is 6.54 Å². The van der Waals surface area contributed by atoms with Gasteiger partial charge in [0.05, 0.1) is 6.42 Å². The third-order valence-electron chi connectivity index (χ3n) is 2.77. The topological polar surface area (TPSA) is 63.3 Å². The van der Waals surface area contributed by atoms with Gasteiger partial charge in [0.2, 0.25) is 0 Å². The second-order valence-electron chi connectivity index (χ2n) is 3.73. The maximum absolute atomic E-state index is 10.6. The minimum Gasteiger partial charge on any atom is -0.481 e. The zero-order chi connectivity index (χ0) is 10.3. The van der Waals surface area contributed by atoms with Crippen LogP contribution in [-0.4, -0.2) is 17.6 Å². The van der Waals surface area contributed by atoms with Gasteiger partial charge in [-0.3, -0.25) is 4.79 Å². The molecule has 0 heterocycles. The minimum absolute atomic E-state index is 0.165. The van der Waals surface area contributed by atoms with Crippen molar-refractivity contribution in [3.8, 4) is 0 Å². The molecule has 0 spiro atoms. The zero-order valence-electron chi connectivity index (χ0n) is 8.68. The van der Waals surface area contributed by atoms with E-state index in [0.29, 0.717) is 6.54 Å². The number of carbonyl (C=O) groups is 1. The Labute approximate surface area is 80.3 Å².